The van der Waals surface area contributed by atoms with E-state index >= 15 is 0 Å². The van der Waals surface area contributed by atoms with Gasteiger partial charge in [-0.3, -0.25) is 0 Å². The Hall–Kier alpha value is -0.398. The second-order valence-corrected chi connectivity index (χ2v) is 4.37. The third-order valence-corrected chi connectivity index (χ3v) is 2.47. The quantitative estimate of drug-likeness (QED) is 0.433. The van der Waals surface area contributed by atoms with Crippen LogP contribution in [0.2, 0.25) is 0 Å². The number of rotatable bonds is 10. The van der Waals surface area contributed by atoms with Crippen molar-refractivity contribution in [3.05, 3.63) is 0 Å². The molecule has 0 saturated carbocycles. The van der Waals surface area contributed by atoms with Crippen molar-refractivity contribution in [1.29, 1.82) is 0 Å². The predicted molar refractivity (Wildman–Crippen MR) is 67.5 cm³/mol. The SMILES string of the molecule is CCCCCCC(=O)[O-].CCCCCCC(=O)[O-].[Pd+2]. The Morgan fingerprint density at radius 3 is 1.21 bits per heavy atom. The first-order chi connectivity index (χ1) is 8.54. The van der Waals surface area contributed by atoms with Crippen molar-refractivity contribution in [2.45, 2.75) is 78.1 Å². The van der Waals surface area contributed by atoms with E-state index in [1.54, 1.807) is 0 Å². The van der Waals surface area contributed by atoms with E-state index < -0.39 is 11.9 Å². The van der Waals surface area contributed by atoms with Crippen molar-refractivity contribution in [3.8, 4) is 0 Å². The fraction of sp³-hybridized carbons (Fsp3) is 0.857. The molecule has 0 aromatic rings. The summed E-state index contributed by atoms with van der Waals surface area (Å²) in [7, 11) is 0. The van der Waals surface area contributed by atoms with Gasteiger partial charge in [0.15, 0.2) is 0 Å². The Bertz CT molecular complexity index is 186. The van der Waals surface area contributed by atoms with Crippen LogP contribution in [0.5, 0.6) is 0 Å². The summed E-state index contributed by atoms with van der Waals surface area (Å²) in [6.07, 6.45) is 8.59. The number of hydrogen-bond donors (Lipinski definition) is 0. The molecule has 0 aliphatic carbocycles. The number of carboxylic acid groups (broad SMARTS) is 2. The molecule has 0 radical (unpaired) electrons. The van der Waals surface area contributed by atoms with E-state index in [0.29, 0.717) is 0 Å². The maximum Gasteiger partial charge on any atom is 2.00 e. The average Bonchev–Trinajstić information content (AvgIpc) is 2.31. The molecular weight excluding hydrogens is 339 g/mol. The number of carboxylic acids is 2. The van der Waals surface area contributed by atoms with Crippen molar-refractivity contribution >= 4 is 11.9 Å². The number of carbonyl (C=O) groups excluding carboxylic acids is 2. The average molecular weight is 365 g/mol. The van der Waals surface area contributed by atoms with Gasteiger partial charge < -0.3 is 19.8 Å². The van der Waals surface area contributed by atoms with E-state index in [4.69, 9.17) is 0 Å². The van der Waals surface area contributed by atoms with Crippen molar-refractivity contribution in [2.24, 2.45) is 0 Å². The van der Waals surface area contributed by atoms with E-state index in [1.807, 2.05) is 0 Å². The zero-order valence-corrected chi connectivity index (χ0v) is 13.6. The van der Waals surface area contributed by atoms with Crippen LogP contribution < -0.4 is 10.2 Å². The summed E-state index contributed by atoms with van der Waals surface area (Å²) < 4.78 is 0. The first kappa shape index (κ1) is 23.7. The second-order valence-electron chi connectivity index (χ2n) is 4.37. The van der Waals surface area contributed by atoms with Gasteiger partial charge in [-0.1, -0.05) is 52.4 Å². The maximum atomic E-state index is 9.85. The van der Waals surface area contributed by atoms with Crippen LogP contribution in [0.3, 0.4) is 0 Å². The van der Waals surface area contributed by atoms with Gasteiger partial charge in [0.2, 0.25) is 0 Å². The van der Waals surface area contributed by atoms with Gasteiger partial charge in [0.05, 0.1) is 0 Å². The molecule has 0 fully saturated rings. The Morgan fingerprint density at radius 1 is 0.684 bits per heavy atom. The molecule has 0 aliphatic heterocycles. The summed E-state index contributed by atoms with van der Waals surface area (Å²) in [4.78, 5) is 19.7. The van der Waals surface area contributed by atoms with Gasteiger partial charge >= 0.3 is 20.4 Å². The monoisotopic (exact) mass is 364 g/mol. The van der Waals surface area contributed by atoms with Gasteiger partial charge in [-0.05, 0) is 25.7 Å². The van der Waals surface area contributed by atoms with Crippen LogP contribution in [0.25, 0.3) is 0 Å². The molecule has 0 atom stereocenters. The first-order valence-corrected chi connectivity index (χ1v) is 6.94. The standard InChI is InChI=1S/2C7H14O2.Pd/c2*1-2-3-4-5-6-7(8)9;/h2*2-6H2,1H3,(H,8,9);/q;;+2/p-2. The summed E-state index contributed by atoms with van der Waals surface area (Å²) >= 11 is 0. The molecule has 0 unspecified atom stereocenters. The molecule has 4 nitrogen and oxygen atoms in total. The summed E-state index contributed by atoms with van der Waals surface area (Å²) in [5.74, 6) is -1.85. The molecule has 0 amide bonds. The van der Waals surface area contributed by atoms with Gasteiger partial charge in [0.25, 0.3) is 0 Å². The zero-order valence-electron chi connectivity index (χ0n) is 12.0. The van der Waals surface area contributed by atoms with Crippen molar-refractivity contribution in [2.75, 3.05) is 0 Å². The molecule has 5 heteroatoms. The minimum atomic E-state index is -0.925. The summed E-state index contributed by atoms with van der Waals surface area (Å²) in [6.45, 7) is 4.19. The predicted octanol–water partition coefficient (Wildman–Crippen LogP) is 1.41. The summed E-state index contributed by atoms with van der Waals surface area (Å²) in [6, 6.07) is 0. The molecule has 0 aliphatic rings. The number of aliphatic carboxylic acids is 2. The van der Waals surface area contributed by atoms with Crippen LogP contribution in [-0.2, 0) is 30.0 Å². The van der Waals surface area contributed by atoms with Gasteiger partial charge in [-0.25, -0.2) is 0 Å². The molecular formula is C14H26O4Pd. The molecule has 0 saturated heterocycles. The van der Waals surface area contributed by atoms with Gasteiger partial charge in [0.1, 0.15) is 0 Å². The van der Waals surface area contributed by atoms with E-state index in [-0.39, 0.29) is 33.3 Å². The Balaban J connectivity index is -0.000000256. The van der Waals surface area contributed by atoms with Crippen LogP contribution >= 0.6 is 0 Å². The van der Waals surface area contributed by atoms with Crippen LogP contribution in [0, 0.1) is 0 Å². The third kappa shape index (κ3) is 31.8. The number of unbranched alkanes of at least 4 members (excludes halogenated alkanes) is 6. The Kier molecular flexibility index (Phi) is 24.8. The largest absolute Gasteiger partial charge is 2.00 e. The molecule has 0 bridgehead atoms. The molecule has 0 aromatic heterocycles. The second kappa shape index (κ2) is 19.9. The summed E-state index contributed by atoms with van der Waals surface area (Å²) in [5.41, 5.74) is 0. The van der Waals surface area contributed by atoms with Crippen LogP contribution in [-0.4, -0.2) is 11.9 Å². The maximum absolute atomic E-state index is 9.85. The zero-order chi connectivity index (χ0) is 14.2. The van der Waals surface area contributed by atoms with Crippen LogP contribution in [0.15, 0.2) is 0 Å². The van der Waals surface area contributed by atoms with E-state index in [0.717, 1.165) is 51.4 Å². The minimum absolute atomic E-state index is 0. The van der Waals surface area contributed by atoms with E-state index in [9.17, 15) is 19.8 Å². The minimum Gasteiger partial charge on any atom is -0.550 e. The molecule has 0 spiro atoms. The smallest absolute Gasteiger partial charge is 0.550 e. The van der Waals surface area contributed by atoms with Crippen LogP contribution in [0.1, 0.15) is 78.1 Å². The molecule has 19 heavy (non-hydrogen) atoms. The van der Waals surface area contributed by atoms with Gasteiger partial charge in [-0.15, -0.1) is 0 Å². The molecule has 0 rings (SSSR count). The van der Waals surface area contributed by atoms with Crippen molar-refractivity contribution in [1.82, 2.24) is 0 Å². The first-order valence-electron chi connectivity index (χ1n) is 6.94. The molecule has 0 N–H and O–H groups in total. The number of hydrogen-bond acceptors (Lipinski definition) is 4. The molecule has 116 valence electrons. The van der Waals surface area contributed by atoms with Gasteiger partial charge in [0, 0.05) is 11.9 Å². The molecule has 0 heterocycles. The van der Waals surface area contributed by atoms with E-state index in [2.05, 4.69) is 13.8 Å². The Morgan fingerprint density at radius 2 is 1.00 bits per heavy atom. The van der Waals surface area contributed by atoms with Crippen molar-refractivity contribution < 1.29 is 40.2 Å². The summed E-state index contributed by atoms with van der Waals surface area (Å²) in [5, 5.41) is 19.7. The Labute approximate surface area is 130 Å². The van der Waals surface area contributed by atoms with Gasteiger partial charge in [-0.2, -0.15) is 0 Å². The normalized spacial score (nSPS) is 8.95. The number of carbonyl (C=O) groups is 2. The fourth-order valence-electron chi connectivity index (χ4n) is 1.39. The fourth-order valence-corrected chi connectivity index (χ4v) is 1.39. The topological polar surface area (TPSA) is 80.3 Å². The third-order valence-electron chi connectivity index (χ3n) is 2.47. The molecule has 0 aromatic carbocycles. The van der Waals surface area contributed by atoms with Crippen molar-refractivity contribution in [3.63, 3.8) is 0 Å². The van der Waals surface area contributed by atoms with Crippen LogP contribution in [0.4, 0.5) is 0 Å². The van der Waals surface area contributed by atoms with E-state index in [1.165, 1.54) is 0 Å².